The molecule has 4 amide bonds. The van der Waals surface area contributed by atoms with Gasteiger partial charge in [0.2, 0.25) is 5.91 Å². The zero-order chi connectivity index (χ0) is 18.9. The second-order valence-electron chi connectivity index (χ2n) is 5.98. The average Bonchev–Trinajstić information content (AvgIpc) is 2.81. The van der Waals surface area contributed by atoms with Crippen LogP contribution in [0.2, 0.25) is 0 Å². The van der Waals surface area contributed by atoms with Crippen LogP contribution in [0.1, 0.15) is 12.5 Å². The van der Waals surface area contributed by atoms with Crippen molar-refractivity contribution in [3.8, 4) is 0 Å². The van der Waals surface area contributed by atoms with Crippen LogP contribution in [-0.2, 0) is 15.1 Å². The van der Waals surface area contributed by atoms with Gasteiger partial charge in [-0.2, -0.15) is 0 Å². The van der Waals surface area contributed by atoms with Crippen molar-refractivity contribution >= 4 is 55.4 Å². The third kappa shape index (κ3) is 3.52. The lowest BCUT2D eigenvalue weighted by Crippen LogP contribution is -2.42. The van der Waals surface area contributed by atoms with E-state index in [1.165, 1.54) is 0 Å². The number of hydrogen-bond donors (Lipinski definition) is 2. The van der Waals surface area contributed by atoms with E-state index in [9.17, 15) is 14.4 Å². The first-order valence-corrected chi connectivity index (χ1v) is 9.34. The SMILES string of the molecule is CC1(c2cccc(Br)c2)NC(=O)N(CC(=O)Nc2ccccc2Br)C1=O. The molecular formula is C18H15Br2N3O3. The van der Waals surface area contributed by atoms with E-state index < -0.39 is 23.4 Å². The number of anilines is 1. The Balaban J connectivity index is 1.77. The minimum atomic E-state index is -1.21. The van der Waals surface area contributed by atoms with E-state index in [1.807, 2.05) is 12.1 Å². The number of carbonyl (C=O) groups is 3. The summed E-state index contributed by atoms with van der Waals surface area (Å²) in [5, 5.41) is 5.37. The molecule has 3 rings (SSSR count). The predicted octanol–water partition coefficient (Wildman–Crippen LogP) is 3.62. The number of nitrogens with one attached hydrogen (secondary N) is 2. The Kier molecular flexibility index (Phi) is 5.15. The third-order valence-electron chi connectivity index (χ3n) is 4.13. The number of imide groups is 1. The Morgan fingerprint density at radius 1 is 1.15 bits per heavy atom. The summed E-state index contributed by atoms with van der Waals surface area (Å²) in [6.45, 7) is 1.26. The van der Waals surface area contributed by atoms with Gasteiger partial charge in [0.25, 0.3) is 5.91 Å². The maximum Gasteiger partial charge on any atom is 0.325 e. The average molecular weight is 481 g/mol. The summed E-state index contributed by atoms with van der Waals surface area (Å²) in [4.78, 5) is 38.4. The molecule has 8 heteroatoms. The Labute approximate surface area is 167 Å². The van der Waals surface area contributed by atoms with Crippen LogP contribution >= 0.6 is 31.9 Å². The number of hydrogen-bond acceptors (Lipinski definition) is 3. The van der Waals surface area contributed by atoms with E-state index >= 15 is 0 Å². The van der Waals surface area contributed by atoms with Gasteiger partial charge < -0.3 is 10.6 Å². The Morgan fingerprint density at radius 2 is 1.88 bits per heavy atom. The number of para-hydroxylation sites is 1. The summed E-state index contributed by atoms with van der Waals surface area (Å²) >= 11 is 6.70. The van der Waals surface area contributed by atoms with Gasteiger partial charge in [-0.25, -0.2) is 4.79 Å². The largest absolute Gasteiger partial charge is 0.325 e. The van der Waals surface area contributed by atoms with Crippen molar-refractivity contribution in [1.29, 1.82) is 0 Å². The van der Waals surface area contributed by atoms with Crippen molar-refractivity contribution in [3.63, 3.8) is 0 Å². The van der Waals surface area contributed by atoms with Crippen LogP contribution in [0.15, 0.2) is 57.5 Å². The molecule has 1 unspecified atom stereocenters. The molecule has 0 bridgehead atoms. The lowest BCUT2D eigenvalue weighted by atomic mass is 9.92. The quantitative estimate of drug-likeness (QED) is 0.656. The lowest BCUT2D eigenvalue weighted by Gasteiger charge is -2.22. The normalized spacial score (nSPS) is 19.4. The molecule has 1 fully saturated rings. The van der Waals surface area contributed by atoms with Crippen LogP contribution in [0.25, 0.3) is 0 Å². The minimum Gasteiger partial charge on any atom is -0.324 e. The van der Waals surface area contributed by atoms with E-state index in [0.717, 1.165) is 9.37 Å². The number of urea groups is 1. The maximum atomic E-state index is 12.8. The molecule has 1 heterocycles. The van der Waals surface area contributed by atoms with Crippen LogP contribution in [-0.4, -0.2) is 29.3 Å². The fourth-order valence-electron chi connectivity index (χ4n) is 2.73. The molecule has 1 atom stereocenters. The molecule has 2 aromatic carbocycles. The molecule has 0 saturated carbocycles. The first kappa shape index (κ1) is 18.6. The summed E-state index contributed by atoms with van der Waals surface area (Å²) in [5.41, 5.74) is -0.00711. The van der Waals surface area contributed by atoms with Gasteiger partial charge in [-0.3, -0.25) is 14.5 Å². The minimum absolute atomic E-state index is 0.365. The highest BCUT2D eigenvalue weighted by molar-refractivity contribution is 9.10. The van der Waals surface area contributed by atoms with Gasteiger partial charge in [-0.1, -0.05) is 40.2 Å². The van der Waals surface area contributed by atoms with E-state index in [4.69, 9.17) is 0 Å². The van der Waals surface area contributed by atoms with E-state index in [2.05, 4.69) is 42.5 Å². The number of halogens is 2. The van der Waals surface area contributed by atoms with Crippen LogP contribution in [0.3, 0.4) is 0 Å². The number of nitrogens with zero attached hydrogens (tertiary/aromatic N) is 1. The van der Waals surface area contributed by atoms with Crippen molar-refractivity contribution in [2.75, 3.05) is 11.9 Å². The highest BCUT2D eigenvalue weighted by Crippen LogP contribution is 2.30. The highest BCUT2D eigenvalue weighted by Gasteiger charge is 2.49. The molecule has 0 aromatic heterocycles. The van der Waals surface area contributed by atoms with Gasteiger partial charge in [0.15, 0.2) is 0 Å². The number of rotatable bonds is 4. The van der Waals surface area contributed by atoms with Crippen molar-refractivity contribution in [2.45, 2.75) is 12.5 Å². The van der Waals surface area contributed by atoms with Gasteiger partial charge in [-0.05, 0) is 52.7 Å². The molecule has 0 radical (unpaired) electrons. The Hall–Kier alpha value is -2.19. The van der Waals surface area contributed by atoms with E-state index in [-0.39, 0.29) is 6.54 Å². The first-order chi connectivity index (χ1) is 12.3. The second-order valence-corrected chi connectivity index (χ2v) is 7.75. The molecule has 0 aliphatic carbocycles. The molecule has 0 spiro atoms. The summed E-state index contributed by atoms with van der Waals surface area (Å²) in [6.07, 6.45) is 0. The fraction of sp³-hybridized carbons (Fsp3) is 0.167. The number of amides is 4. The van der Waals surface area contributed by atoms with E-state index in [1.54, 1.807) is 43.3 Å². The molecule has 134 valence electrons. The monoisotopic (exact) mass is 479 g/mol. The first-order valence-electron chi connectivity index (χ1n) is 7.76. The molecule has 2 aromatic rings. The molecule has 1 saturated heterocycles. The zero-order valence-corrected chi connectivity index (χ0v) is 16.9. The Bertz CT molecular complexity index is 903. The standard InChI is InChI=1S/C18H15Br2N3O3/c1-18(11-5-4-6-12(19)9-11)16(25)23(17(26)22-18)10-15(24)21-14-8-3-2-7-13(14)20/h2-9H,10H2,1H3,(H,21,24)(H,22,26). The van der Waals surface area contributed by atoms with Gasteiger partial charge >= 0.3 is 6.03 Å². The van der Waals surface area contributed by atoms with Crippen LogP contribution in [0.4, 0.5) is 10.5 Å². The van der Waals surface area contributed by atoms with Gasteiger partial charge in [0.05, 0.1) is 5.69 Å². The third-order valence-corrected chi connectivity index (χ3v) is 5.31. The predicted molar refractivity (Wildman–Crippen MR) is 105 cm³/mol. The highest BCUT2D eigenvalue weighted by atomic mass is 79.9. The molecule has 2 N–H and O–H groups in total. The lowest BCUT2D eigenvalue weighted by molar-refractivity contribution is -0.133. The fourth-order valence-corrected chi connectivity index (χ4v) is 3.51. The molecule has 6 nitrogen and oxygen atoms in total. The number of benzene rings is 2. The molecule has 1 aliphatic heterocycles. The molecule has 26 heavy (non-hydrogen) atoms. The van der Waals surface area contributed by atoms with Gasteiger partial charge in [0.1, 0.15) is 12.1 Å². The smallest absolute Gasteiger partial charge is 0.324 e. The van der Waals surface area contributed by atoms with Crippen LogP contribution in [0.5, 0.6) is 0 Å². The summed E-state index contributed by atoms with van der Waals surface area (Å²) < 4.78 is 1.51. The summed E-state index contributed by atoms with van der Waals surface area (Å²) in [6, 6.07) is 13.6. The summed E-state index contributed by atoms with van der Waals surface area (Å²) in [5.74, 6) is -0.929. The topological polar surface area (TPSA) is 78.5 Å². The van der Waals surface area contributed by atoms with Crippen molar-refractivity contribution in [3.05, 3.63) is 63.0 Å². The number of carbonyl (C=O) groups excluding carboxylic acids is 3. The van der Waals surface area contributed by atoms with Crippen molar-refractivity contribution in [2.24, 2.45) is 0 Å². The Morgan fingerprint density at radius 3 is 2.58 bits per heavy atom. The van der Waals surface area contributed by atoms with Gasteiger partial charge in [-0.15, -0.1) is 0 Å². The van der Waals surface area contributed by atoms with Crippen LogP contribution < -0.4 is 10.6 Å². The maximum absolute atomic E-state index is 12.8. The summed E-state index contributed by atoms with van der Waals surface area (Å²) in [7, 11) is 0. The molecule has 1 aliphatic rings. The zero-order valence-electron chi connectivity index (χ0n) is 13.8. The molecular weight excluding hydrogens is 466 g/mol. The van der Waals surface area contributed by atoms with Crippen molar-refractivity contribution in [1.82, 2.24) is 10.2 Å². The van der Waals surface area contributed by atoms with E-state index in [0.29, 0.717) is 15.7 Å². The van der Waals surface area contributed by atoms with Gasteiger partial charge in [0, 0.05) is 8.95 Å². The van der Waals surface area contributed by atoms with Crippen molar-refractivity contribution < 1.29 is 14.4 Å². The van der Waals surface area contributed by atoms with Crippen LogP contribution in [0, 0.1) is 0 Å². The second kappa shape index (κ2) is 7.20.